The van der Waals surface area contributed by atoms with Gasteiger partial charge in [0.05, 0.1) is 12.0 Å². The van der Waals surface area contributed by atoms with Crippen LogP contribution >= 0.6 is 12.4 Å². The maximum Gasteiger partial charge on any atom is 0.194 e. The minimum atomic E-state index is -3.45. The summed E-state index contributed by atoms with van der Waals surface area (Å²) in [6, 6.07) is 15.0. The SMILES string of the molecule is COc1ccc2c(c1)CCN(C(C1CCCNC1)S(=O)(=O)c1ccccc1)C2.Cl. The van der Waals surface area contributed by atoms with Gasteiger partial charge in [-0.1, -0.05) is 24.3 Å². The number of nitrogens with one attached hydrogen (secondary N) is 1. The van der Waals surface area contributed by atoms with Crippen LogP contribution in [-0.2, 0) is 22.8 Å². The van der Waals surface area contributed by atoms with Crippen LogP contribution in [0, 0.1) is 5.92 Å². The molecular formula is C22H29ClN2O3S. The van der Waals surface area contributed by atoms with Crippen molar-refractivity contribution in [2.24, 2.45) is 5.92 Å². The second-order valence-electron chi connectivity index (χ2n) is 7.71. The van der Waals surface area contributed by atoms with E-state index in [1.165, 1.54) is 11.1 Å². The topological polar surface area (TPSA) is 58.6 Å². The molecule has 0 bridgehead atoms. The molecule has 1 saturated heterocycles. The van der Waals surface area contributed by atoms with Crippen molar-refractivity contribution < 1.29 is 13.2 Å². The number of piperidine rings is 1. The molecular weight excluding hydrogens is 408 g/mol. The van der Waals surface area contributed by atoms with Crippen LogP contribution in [0.1, 0.15) is 24.0 Å². The highest BCUT2D eigenvalue weighted by Gasteiger charge is 2.40. The molecule has 158 valence electrons. The van der Waals surface area contributed by atoms with Gasteiger partial charge in [-0.3, -0.25) is 4.90 Å². The Morgan fingerprint density at radius 1 is 1.14 bits per heavy atom. The maximum atomic E-state index is 13.7. The van der Waals surface area contributed by atoms with Crippen molar-refractivity contribution in [3.63, 3.8) is 0 Å². The first-order chi connectivity index (χ1) is 13.6. The summed E-state index contributed by atoms with van der Waals surface area (Å²) in [5.74, 6) is 0.955. The van der Waals surface area contributed by atoms with Gasteiger partial charge in [0.1, 0.15) is 11.1 Å². The number of hydrogen-bond donors (Lipinski definition) is 1. The molecule has 5 nitrogen and oxygen atoms in total. The zero-order valence-corrected chi connectivity index (χ0v) is 18.3. The first-order valence-corrected chi connectivity index (χ1v) is 11.5. The van der Waals surface area contributed by atoms with Gasteiger partial charge in [-0.15, -0.1) is 12.4 Å². The van der Waals surface area contributed by atoms with Gasteiger partial charge in [-0.05, 0) is 61.2 Å². The number of halogens is 1. The zero-order valence-electron chi connectivity index (χ0n) is 16.7. The fraction of sp³-hybridized carbons (Fsp3) is 0.455. The number of ether oxygens (including phenoxy) is 1. The van der Waals surface area contributed by atoms with Gasteiger partial charge < -0.3 is 10.1 Å². The molecule has 7 heteroatoms. The van der Waals surface area contributed by atoms with Crippen LogP contribution < -0.4 is 10.1 Å². The van der Waals surface area contributed by atoms with Crippen LogP contribution in [0.4, 0.5) is 0 Å². The van der Waals surface area contributed by atoms with Gasteiger partial charge in [0.2, 0.25) is 0 Å². The summed E-state index contributed by atoms with van der Waals surface area (Å²) in [5.41, 5.74) is 2.46. The molecule has 1 fully saturated rings. The molecule has 4 rings (SSSR count). The number of nitrogens with zero attached hydrogens (tertiary/aromatic N) is 1. The molecule has 2 aliphatic heterocycles. The minimum absolute atomic E-state index is 0. The molecule has 29 heavy (non-hydrogen) atoms. The van der Waals surface area contributed by atoms with Crippen molar-refractivity contribution in [2.45, 2.75) is 36.1 Å². The average Bonchev–Trinajstić information content (AvgIpc) is 2.74. The second-order valence-corrected chi connectivity index (χ2v) is 9.75. The Morgan fingerprint density at radius 2 is 1.93 bits per heavy atom. The molecule has 2 heterocycles. The van der Waals surface area contributed by atoms with Crippen molar-refractivity contribution in [2.75, 3.05) is 26.7 Å². The molecule has 0 aromatic heterocycles. The predicted molar refractivity (Wildman–Crippen MR) is 117 cm³/mol. The largest absolute Gasteiger partial charge is 0.497 e. The molecule has 0 amide bonds. The minimum Gasteiger partial charge on any atom is -0.497 e. The second kappa shape index (κ2) is 9.47. The van der Waals surface area contributed by atoms with Crippen LogP contribution in [0.15, 0.2) is 53.4 Å². The Balaban J connectivity index is 0.00000240. The van der Waals surface area contributed by atoms with Gasteiger partial charge >= 0.3 is 0 Å². The Morgan fingerprint density at radius 3 is 2.62 bits per heavy atom. The van der Waals surface area contributed by atoms with E-state index in [0.29, 0.717) is 11.4 Å². The standard InChI is InChI=1S/C22H28N2O3S.ClH/c1-27-20-10-9-19-16-24(13-11-17(19)14-20)22(18-6-5-12-23-15-18)28(25,26)21-7-3-2-4-8-21;/h2-4,7-10,14,18,22-23H,5-6,11-13,15-16H2,1H3;1H. The van der Waals surface area contributed by atoms with E-state index in [1.54, 1.807) is 31.4 Å². The predicted octanol–water partition coefficient (Wildman–Crippen LogP) is 3.27. The highest BCUT2D eigenvalue weighted by Crippen LogP contribution is 2.33. The smallest absolute Gasteiger partial charge is 0.194 e. The summed E-state index contributed by atoms with van der Waals surface area (Å²) >= 11 is 0. The van der Waals surface area contributed by atoms with E-state index in [4.69, 9.17) is 4.74 Å². The van der Waals surface area contributed by atoms with E-state index in [9.17, 15) is 8.42 Å². The van der Waals surface area contributed by atoms with Gasteiger partial charge in [-0.2, -0.15) is 0 Å². The Hall–Kier alpha value is -1.60. The quantitative estimate of drug-likeness (QED) is 0.779. The fourth-order valence-electron chi connectivity index (χ4n) is 4.51. The van der Waals surface area contributed by atoms with E-state index in [1.807, 2.05) is 12.1 Å². The molecule has 0 aliphatic carbocycles. The first kappa shape index (κ1) is 22.1. The number of rotatable bonds is 5. The van der Waals surface area contributed by atoms with E-state index in [0.717, 1.165) is 44.6 Å². The third kappa shape index (κ3) is 4.61. The van der Waals surface area contributed by atoms with Gasteiger partial charge in [0.15, 0.2) is 9.84 Å². The summed E-state index contributed by atoms with van der Waals surface area (Å²) in [6.45, 7) is 3.12. The zero-order chi connectivity index (χ0) is 19.6. The lowest BCUT2D eigenvalue weighted by Gasteiger charge is -2.40. The molecule has 2 aliphatic rings. The van der Waals surface area contributed by atoms with Crippen LogP contribution in [0.3, 0.4) is 0 Å². The number of hydrogen-bond acceptors (Lipinski definition) is 5. The lowest BCUT2D eigenvalue weighted by Crippen LogP contribution is -2.52. The molecule has 2 aromatic carbocycles. The summed E-state index contributed by atoms with van der Waals surface area (Å²) in [5, 5.41) is 2.90. The third-order valence-electron chi connectivity index (χ3n) is 5.94. The van der Waals surface area contributed by atoms with Crippen LogP contribution in [0.2, 0.25) is 0 Å². The van der Waals surface area contributed by atoms with Crippen LogP contribution in [-0.4, -0.2) is 45.4 Å². The van der Waals surface area contributed by atoms with E-state index in [2.05, 4.69) is 22.3 Å². The Labute approximate surface area is 179 Å². The summed E-state index contributed by atoms with van der Waals surface area (Å²) in [7, 11) is -1.78. The lowest BCUT2D eigenvalue weighted by molar-refractivity contribution is 0.162. The molecule has 0 radical (unpaired) electrons. The first-order valence-electron chi connectivity index (χ1n) is 9.99. The number of sulfone groups is 1. The molecule has 2 atom stereocenters. The monoisotopic (exact) mass is 436 g/mol. The Kier molecular flexibility index (Phi) is 7.22. The average molecular weight is 437 g/mol. The number of methoxy groups -OCH3 is 1. The normalized spacial score (nSPS) is 20.9. The van der Waals surface area contributed by atoms with Crippen LogP contribution in [0.25, 0.3) is 0 Å². The van der Waals surface area contributed by atoms with Gasteiger partial charge in [0, 0.05) is 25.6 Å². The van der Waals surface area contributed by atoms with Crippen molar-refractivity contribution in [3.8, 4) is 5.75 Å². The van der Waals surface area contributed by atoms with Crippen LogP contribution in [0.5, 0.6) is 5.75 Å². The van der Waals surface area contributed by atoms with Gasteiger partial charge in [0.25, 0.3) is 0 Å². The van der Waals surface area contributed by atoms with E-state index in [-0.39, 0.29) is 18.3 Å². The highest BCUT2D eigenvalue weighted by molar-refractivity contribution is 7.92. The highest BCUT2D eigenvalue weighted by atomic mass is 35.5. The van der Waals surface area contributed by atoms with Gasteiger partial charge in [-0.25, -0.2) is 8.42 Å². The summed E-state index contributed by atoms with van der Waals surface area (Å²) < 4.78 is 32.7. The molecule has 1 N–H and O–H groups in total. The molecule has 0 spiro atoms. The van der Waals surface area contributed by atoms with Crippen molar-refractivity contribution >= 4 is 22.2 Å². The number of fused-ring (bicyclic) bond motifs is 1. The number of benzene rings is 2. The third-order valence-corrected chi connectivity index (χ3v) is 8.19. The molecule has 2 aromatic rings. The van der Waals surface area contributed by atoms with E-state index < -0.39 is 15.2 Å². The molecule has 0 saturated carbocycles. The summed E-state index contributed by atoms with van der Waals surface area (Å²) in [4.78, 5) is 2.60. The summed E-state index contributed by atoms with van der Waals surface area (Å²) in [6.07, 6.45) is 2.80. The van der Waals surface area contributed by atoms with E-state index >= 15 is 0 Å². The van der Waals surface area contributed by atoms with Crippen molar-refractivity contribution in [3.05, 3.63) is 59.7 Å². The lowest BCUT2D eigenvalue weighted by atomic mass is 9.95. The maximum absolute atomic E-state index is 13.7. The molecule has 2 unspecified atom stereocenters. The Bertz CT molecular complexity index is 915. The fourth-order valence-corrected chi connectivity index (χ4v) is 6.64. The van der Waals surface area contributed by atoms with Crippen molar-refractivity contribution in [1.29, 1.82) is 0 Å². The van der Waals surface area contributed by atoms with Crippen molar-refractivity contribution in [1.82, 2.24) is 10.2 Å².